The van der Waals surface area contributed by atoms with Gasteiger partial charge in [-0.3, -0.25) is 4.79 Å². The molecule has 108 valence electrons. The summed E-state index contributed by atoms with van der Waals surface area (Å²) in [6.07, 6.45) is 1.73. The average molecular weight is 289 g/mol. The quantitative estimate of drug-likeness (QED) is 0.738. The van der Waals surface area contributed by atoms with E-state index in [1.165, 1.54) is 0 Å². The van der Waals surface area contributed by atoms with Crippen LogP contribution in [0.3, 0.4) is 0 Å². The van der Waals surface area contributed by atoms with Gasteiger partial charge in [-0.1, -0.05) is 6.07 Å². The van der Waals surface area contributed by atoms with Crippen molar-refractivity contribution in [1.29, 1.82) is 0 Å². The van der Waals surface area contributed by atoms with Crippen LogP contribution in [0, 0.1) is 0 Å². The molecule has 1 rings (SSSR count). The first kappa shape index (κ1) is 17.5. The molecule has 6 heteroatoms. The minimum Gasteiger partial charge on any atom is -0.493 e. The third kappa shape index (κ3) is 5.81. The number of nitrogens with two attached hydrogens (primary N) is 1. The molecule has 0 unspecified atom stereocenters. The van der Waals surface area contributed by atoms with Crippen LogP contribution in [0.1, 0.15) is 12.0 Å². The predicted molar refractivity (Wildman–Crippen MR) is 77.2 cm³/mol. The molecule has 1 aromatic carbocycles. The van der Waals surface area contributed by atoms with Gasteiger partial charge in [0.1, 0.15) is 0 Å². The van der Waals surface area contributed by atoms with E-state index in [9.17, 15) is 4.79 Å². The highest BCUT2D eigenvalue weighted by Gasteiger charge is 2.04. The molecule has 0 spiro atoms. The van der Waals surface area contributed by atoms with E-state index in [-0.39, 0.29) is 24.9 Å². The first-order chi connectivity index (χ1) is 8.71. The number of methoxy groups -OCH3 is 2. The van der Waals surface area contributed by atoms with Crippen LogP contribution in [0.15, 0.2) is 18.2 Å². The fraction of sp³-hybridized carbons (Fsp3) is 0.462. The summed E-state index contributed by atoms with van der Waals surface area (Å²) in [6, 6.07) is 5.82. The number of aryl methyl sites for hydroxylation is 1. The van der Waals surface area contributed by atoms with Gasteiger partial charge >= 0.3 is 0 Å². The molecule has 0 saturated carbocycles. The van der Waals surface area contributed by atoms with Gasteiger partial charge in [-0.05, 0) is 30.5 Å². The van der Waals surface area contributed by atoms with Crippen LogP contribution in [0.2, 0.25) is 0 Å². The maximum atomic E-state index is 10.9. The van der Waals surface area contributed by atoms with Crippen LogP contribution in [0.5, 0.6) is 11.5 Å². The Morgan fingerprint density at radius 2 is 1.95 bits per heavy atom. The molecular weight excluding hydrogens is 268 g/mol. The second-order valence-electron chi connectivity index (χ2n) is 3.85. The Morgan fingerprint density at radius 1 is 1.26 bits per heavy atom. The Kier molecular flexibility index (Phi) is 8.74. The number of halogens is 1. The topological polar surface area (TPSA) is 73.6 Å². The first-order valence-electron chi connectivity index (χ1n) is 5.89. The van der Waals surface area contributed by atoms with E-state index in [0.717, 1.165) is 29.9 Å². The van der Waals surface area contributed by atoms with Crippen LogP contribution < -0.4 is 20.5 Å². The van der Waals surface area contributed by atoms with Crippen molar-refractivity contribution in [2.75, 3.05) is 27.3 Å². The maximum absolute atomic E-state index is 10.9. The molecule has 0 fully saturated rings. The summed E-state index contributed by atoms with van der Waals surface area (Å²) in [6.45, 7) is 0.667. The second-order valence-corrected chi connectivity index (χ2v) is 3.85. The van der Waals surface area contributed by atoms with Crippen molar-refractivity contribution in [3.63, 3.8) is 0 Å². The van der Waals surface area contributed by atoms with Gasteiger partial charge < -0.3 is 20.5 Å². The lowest BCUT2D eigenvalue weighted by atomic mass is 10.1. The van der Waals surface area contributed by atoms with Crippen LogP contribution in [-0.2, 0) is 11.2 Å². The van der Waals surface area contributed by atoms with Crippen molar-refractivity contribution in [1.82, 2.24) is 5.32 Å². The van der Waals surface area contributed by atoms with Crippen LogP contribution >= 0.6 is 12.4 Å². The van der Waals surface area contributed by atoms with Crippen molar-refractivity contribution >= 4 is 18.3 Å². The minimum absolute atomic E-state index is 0. The van der Waals surface area contributed by atoms with Crippen molar-refractivity contribution in [3.05, 3.63) is 23.8 Å². The van der Waals surface area contributed by atoms with Gasteiger partial charge in [0.15, 0.2) is 11.5 Å². The Balaban J connectivity index is 0.00000324. The fourth-order valence-electron chi connectivity index (χ4n) is 1.63. The number of rotatable bonds is 7. The van der Waals surface area contributed by atoms with E-state index in [4.69, 9.17) is 15.2 Å². The number of amides is 1. The zero-order valence-electron chi connectivity index (χ0n) is 11.3. The predicted octanol–water partition coefficient (Wildman–Crippen LogP) is 1.13. The lowest BCUT2D eigenvalue weighted by Crippen LogP contribution is -2.31. The Hall–Kier alpha value is -1.46. The number of hydrogen-bond donors (Lipinski definition) is 2. The molecule has 0 aliphatic rings. The molecule has 0 radical (unpaired) electrons. The third-order valence-electron chi connectivity index (χ3n) is 2.60. The SMILES string of the molecule is COc1ccc(CCCNC(=O)CN)cc1OC.Cl. The monoisotopic (exact) mass is 288 g/mol. The molecule has 0 atom stereocenters. The minimum atomic E-state index is -0.123. The zero-order chi connectivity index (χ0) is 13.4. The number of benzene rings is 1. The summed E-state index contributed by atoms with van der Waals surface area (Å²) in [5.74, 6) is 1.32. The summed E-state index contributed by atoms with van der Waals surface area (Å²) >= 11 is 0. The van der Waals surface area contributed by atoms with E-state index >= 15 is 0 Å². The number of hydrogen-bond acceptors (Lipinski definition) is 4. The second kappa shape index (κ2) is 9.47. The lowest BCUT2D eigenvalue weighted by Gasteiger charge is -2.09. The normalized spacial score (nSPS) is 9.42. The number of carbonyl (C=O) groups excluding carboxylic acids is 1. The smallest absolute Gasteiger partial charge is 0.233 e. The number of ether oxygens (including phenoxy) is 2. The van der Waals surface area contributed by atoms with Gasteiger partial charge in [-0.25, -0.2) is 0 Å². The summed E-state index contributed by atoms with van der Waals surface area (Å²) in [5, 5.41) is 2.73. The summed E-state index contributed by atoms with van der Waals surface area (Å²) < 4.78 is 10.4. The maximum Gasteiger partial charge on any atom is 0.233 e. The molecule has 0 bridgehead atoms. The van der Waals surface area contributed by atoms with E-state index in [2.05, 4.69) is 5.32 Å². The van der Waals surface area contributed by atoms with Gasteiger partial charge in [0.25, 0.3) is 0 Å². The molecule has 0 aliphatic heterocycles. The van der Waals surface area contributed by atoms with Gasteiger partial charge in [-0.15, -0.1) is 12.4 Å². The highest BCUT2D eigenvalue weighted by molar-refractivity contribution is 5.85. The Morgan fingerprint density at radius 3 is 2.53 bits per heavy atom. The molecule has 0 heterocycles. The standard InChI is InChI=1S/C13H20N2O3.ClH/c1-17-11-6-5-10(8-12(11)18-2)4-3-7-15-13(16)9-14;/h5-6,8H,3-4,7,9,14H2,1-2H3,(H,15,16);1H. The summed E-state index contributed by atoms with van der Waals surface area (Å²) in [4.78, 5) is 10.9. The van der Waals surface area contributed by atoms with Gasteiger partial charge in [0.05, 0.1) is 20.8 Å². The van der Waals surface area contributed by atoms with E-state index < -0.39 is 0 Å². The lowest BCUT2D eigenvalue weighted by molar-refractivity contribution is -0.119. The molecule has 19 heavy (non-hydrogen) atoms. The van der Waals surface area contributed by atoms with Gasteiger partial charge in [0.2, 0.25) is 5.91 Å². The molecule has 0 aliphatic carbocycles. The Bertz CT molecular complexity index is 399. The molecular formula is C13H21ClN2O3. The fourth-order valence-corrected chi connectivity index (χ4v) is 1.63. The highest BCUT2D eigenvalue weighted by atomic mass is 35.5. The first-order valence-corrected chi connectivity index (χ1v) is 5.89. The third-order valence-corrected chi connectivity index (χ3v) is 2.60. The van der Waals surface area contributed by atoms with Crippen LogP contribution in [-0.4, -0.2) is 33.2 Å². The largest absolute Gasteiger partial charge is 0.493 e. The van der Waals surface area contributed by atoms with Crippen molar-refractivity contribution in [3.8, 4) is 11.5 Å². The van der Waals surface area contributed by atoms with E-state index in [1.54, 1.807) is 14.2 Å². The zero-order valence-corrected chi connectivity index (χ0v) is 12.1. The van der Waals surface area contributed by atoms with Crippen molar-refractivity contribution < 1.29 is 14.3 Å². The summed E-state index contributed by atoms with van der Waals surface area (Å²) in [7, 11) is 3.23. The molecule has 0 saturated heterocycles. The molecule has 1 aromatic rings. The van der Waals surface area contributed by atoms with Gasteiger partial charge in [0, 0.05) is 6.54 Å². The van der Waals surface area contributed by atoms with Crippen LogP contribution in [0.25, 0.3) is 0 Å². The number of carbonyl (C=O) groups is 1. The van der Waals surface area contributed by atoms with E-state index in [1.807, 2.05) is 18.2 Å². The van der Waals surface area contributed by atoms with Crippen LogP contribution in [0.4, 0.5) is 0 Å². The Labute approximate surface area is 119 Å². The van der Waals surface area contributed by atoms with Crippen molar-refractivity contribution in [2.24, 2.45) is 5.73 Å². The molecule has 1 amide bonds. The highest BCUT2D eigenvalue weighted by Crippen LogP contribution is 2.27. The summed E-state index contributed by atoms with van der Waals surface area (Å²) in [5.41, 5.74) is 6.34. The van der Waals surface area contributed by atoms with Crippen molar-refractivity contribution in [2.45, 2.75) is 12.8 Å². The molecule has 0 aromatic heterocycles. The number of nitrogens with one attached hydrogen (secondary N) is 1. The van der Waals surface area contributed by atoms with Gasteiger partial charge in [-0.2, -0.15) is 0 Å². The average Bonchev–Trinajstić information content (AvgIpc) is 2.42. The van der Waals surface area contributed by atoms with E-state index in [0.29, 0.717) is 6.54 Å². The molecule has 5 nitrogen and oxygen atoms in total. The molecule has 3 N–H and O–H groups in total.